The molecule has 0 fully saturated rings. The van der Waals surface area contributed by atoms with Crippen molar-refractivity contribution in [2.45, 2.75) is 45.3 Å². The highest BCUT2D eigenvalue weighted by Crippen LogP contribution is 2.30. The van der Waals surface area contributed by atoms with Gasteiger partial charge >= 0.3 is 6.18 Å². The first kappa shape index (κ1) is 15.5. The maximum atomic E-state index is 12.5. The van der Waals surface area contributed by atoms with Gasteiger partial charge in [-0.2, -0.15) is 13.2 Å². The van der Waals surface area contributed by atoms with Crippen molar-refractivity contribution in [3.05, 3.63) is 11.6 Å². The Kier molecular flexibility index (Phi) is 6.15. The number of nitrogens with zero attached hydrogens (tertiary/aromatic N) is 1. The van der Waals surface area contributed by atoms with Crippen LogP contribution < -0.4 is 5.32 Å². The summed E-state index contributed by atoms with van der Waals surface area (Å²) in [5.74, 6) is 0. The van der Waals surface area contributed by atoms with E-state index in [9.17, 15) is 13.2 Å². The molecule has 1 unspecified atom stereocenters. The molecular weight excluding hydrogens is 241 g/mol. The van der Waals surface area contributed by atoms with Gasteiger partial charge in [0.1, 0.15) is 0 Å². The molecule has 0 saturated heterocycles. The van der Waals surface area contributed by atoms with Crippen LogP contribution in [0, 0.1) is 0 Å². The van der Waals surface area contributed by atoms with Crippen LogP contribution in [0.2, 0.25) is 0 Å². The molecule has 1 rings (SSSR count). The van der Waals surface area contributed by atoms with Gasteiger partial charge in [-0.1, -0.05) is 13.0 Å². The van der Waals surface area contributed by atoms with E-state index < -0.39 is 6.18 Å². The van der Waals surface area contributed by atoms with Crippen molar-refractivity contribution in [2.75, 3.05) is 26.2 Å². The van der Waals surface area contributed by atoms with E-state index in [0.29, 0.717) is 19.1 Å². The Hall–Kier alpha value is -0.550. The van der Waals surface area contributed by atoms with Crippen LogP contribution in [0.15, 0.2) is 11.6 Å². The summed E-state index contributed by atoms with van der Waals surface area (Å²) in [4.78, 5) is 2.11. The van der Waals surface area contributed by atoms with Gasteiger partial charge in [-0.05, 0) is 39.3 Å². The van der Waals surface area contributed by atoms with E-state index >= 15 is 0 Å². The molecular formula is C13H23F3N2. The van der Waals surface area contributed by atoms with Gasteiger partial charge < -0.3 is 5.32 Å². The van der Waals surface area contributed by atoms with Crippen molar-refractivity contribution in [3.8, 4) is 0 Å². The number of hydrogen-bond acceptors (Lipinski definition) is 2. The first-order chi connectivity index (χ1) is 8.45. The fourth-order valence-electron chi connectivity index (χ4n) is 2.14. The Morgan fingerprint density at radius 2 is 2.11 bits per heavy atom. The molecule has 1 aliphatic heterocycles. The fourth-order valence-corrected chi connectivity index (χ4v) is 2.14. The summed E-state index contributed by atoms with van der Waals surface area (Å²) in [5.41, 5.74) is -0.366. The Morgan fingerprint density at radius 3 is 2.61 bits per heavy atom. The second-order valence-corrected chi connectivity index (χ2v) is 4.86. The van der Waals surface area contributed by atoms with Gasteiger partial charge in [0.15, 0.2) is 0 Å². The van der Waals surface area contributed by atoms with Crippen LogP contribution in [0.3, 0.4) is 0 Å². The van der Waals surface area contributed by atoms with E-state index in [1.807, 2.05) is 0 Å². The van der Waals surface area contributed by atoms with Gasteiger partial charge in [-0.15, -0.1) is 0 Å². The first-order valence-electron chi connectivity index (χ1n) is 6.66. The molecule has 0 aromatic rings. The predicted molar refractivity (Wildman–Crippen MR) is 67.6 cm³/mol. The van der Waals surface area contributed by atoms with Crippen molar-refractivity contribution >= 4 is 0 Å². The van der Waals surface area contributed by atoms with Gasteiger partial charge in [-0.3, -0.25) is 4.90 Å². The number of alkyl halides is 3. The van der Waals surface area contributed by atoms with Crippen LogP contribution >= 0.6 is 0 Å². The van der Waals surface area contributed by atoms with E-state index in [4.69, 9.17) is 0 Å². The zero-order chi connectivity index (χ0) is 13.6. The third-order valence-electron chi connectivity index (χ3n) is 3.39. The Morgan fingerprint density at radius 1 is 1.39 bits per heavy atom. The summed E-state index contributed by atoms with van der Waals surface area (Å²) in [5, 5.41) is 3.32. The molecule has 0 saturated carbocycles. The summed E-state index contributed by atoms with van der Waals surface area (Å²) < 4.78 is 37.4. The molecule has 0 spiro atoms. The maximum Gasteiger partial charge on any atom is 0.412 e. The molecule has 1 N–H and O–H groups in total. The average molecular weight is 264 g/mol. The smallest absolute Gasteiger partial charge is 0.317 e. The molecule has 0 radical (unpaired) electrons. The summed E-state index contributed by atoms with van der Waals surface area (Å²) in [6.07, 6.45) is -0.599. The summed E-state index contributed by atoms with van der Waals surface area (Å²) in [6, 6.07) is 0.334. The topological polar surface area (TPSA) is 15.3 Å². The predicted octanol–water partition coefficient (Wildman–Crippen LogP) is 2.96. The van der Waals surface area contributed by atoms with Crippen LogP contribution in [0.4, 0.5) is 13.2 Å². The van der Waals surface area contributed by atoms with Crippen molar-refractivity contribution < 1.29 is 13.2 Å². The third-order valence-corrected chi connectivity index (χ3v) is 3.39. The monoisotopic (exact) mass is 264 g/mol. The molecule has 0 amide bonds. The van der Waals surface area contributed by atoms with Crippen LogP contribution in [0.5, 0.6) is 0 Å². The highest BCUT2D eigenvalue weighted by atomic mass is 19.4. The van der Waals surface area contributed by atoms with Gasteiger partial charge in [0.25, 0.3) is 0 Å². The lowest BCUT2D eigenvalue weighted by molar-refractivity contribution is -0.0963. The van der Waals surface area contributed by atoms with Crippen LogP contribution in [0.25, 0.3) is 0 Å². The molecule has 1 heterocycles. The van der Waals surface area contributed by atoms with Gasteiger partial charge in [-0.25, -0.2) is 0 Å². The molecule has 5 heteroatoms. The Balaban J connectivity index is 2.31. The van der Waals surface area contributed by atoms with Gasteiger partial charge in [0.05, 0.1) is 0 Å². The standard InChI is InChI=1S/C13H23F3N2/c1-3-7-17-8-4-11(2)18-9-5-12(6-10-18)13(14,15)16/h5,11,17H,3-4,6-10H2,1-2H3. The van der Waals surface area contributed by atoms with Crippen molar-refractivity contribution in [1.82, 2.24) is 10.2 Å². The molecule has 2 nitrogen and oxygen atoms in total. The van der Waals surface area contributed by atoms with Gasteiger partial charge in [0.2, 0.25) is 0 Å². The van der Waals surface area contributed by atoms with E-state index in [1.54, 1.807) is 0 Å². The normalized spacial score (nSPS) is 19.7. The van der Waals surface area contributed by atoms with E-state index in [2.05, 4.69) is 24.1 Å². The lowest BCUT2D eigenvalue weighted by Gasteiger charge is -2.32. The second-order valence-electron chi connectivity index (χ2n) is 4.86. The molecule has 0 aromatic heterocycles. The van der Waals surface area contributed by atoms with Crippen molar-refractivity contribution in [3.63, 3.8) is 0 Å². The fraction of sp³-hybridized carbons (Fsp3) is 0.846. The number of halogens is 3. The highest BCUT2D eigenvalue weighted by Gasteiger charge is 2.35. The molecule has 1 aliphatic rings. The summed E-state index contributed by atoms with van der Waals surface area (Å²) >= 11 is 0. The van der Waals surface area contributed by atoms with Crippen LogP contribution in [-0.4, -0.2) is 43.3 Å². The zero-order valence-electron chi connectivity index (χ0n) is 11.2. The Labute approximate surface area is 107 Å². The molecule has 18 heavy (non-hydrogen) atoms. The SMILES string of the molecule is CCCNCCC(C)N1CC=C(C(F)(F)F)CC1. The number of hydrogen-bond donors (Lipinski definition) is 1. The van der Waals surface area contributed by atoms with Crippen molar-refractivity contribution in [2.24, 2.45) is 0 Å². The minimum Gasteiger partial charge on any atom is -0.317 e. The molecule has 0 aliphatic carbocycles. The van der Waals surface area contributed by atoms with Crippen molar-refractivity contribution in [1.29, 1.82) is 0 Å². The maximum absolute atomic E-state index is 12.5. The minimum atomic E-state index is -4.14. The van der Waals surface area contributed by atoms with Crippen LogP contribution in [0.1, 0.15) is 33.1 Å². The van der Waals surface area contributed by atoms with E-state index in [1.165, 1.54) is 6.08 Å². The van der Waals surface area contributed by atoms with E-state index in [0.717, 1.165) is 25.9 Å². The third kappa shape index (κ3) is 4.98. The Bertz CT molecular complexity index is 274. The lowest BCUT2D eigenvalue weighted by Crippen LogP contribution is -2.39. The number of nitrogens with one attached hydrogen (secondary N) is 1. The summed E-state index contributed by atoms with van der Waals surface area (Å²) in [7, 11) is 0. The van der Waals surface area contributed by atoms with E-state index in [-0.39, 0.29) is 12.0 Å². The molecule has 1 atom stereocenters. The zero-order valence-corrected chi connectivity index (χ0v) is 11.2. The quantitative estimate of drug-likeness (QED) is 0.586. The molecule has 0 aromatic carbocycles. The first-order valence-corrected chi connectivity index (χ1v) is 6.66. The summed E-state index contributed by atoms with van der Waals surface area (Å²) in [6.45, 7) is 7.07. The molecule has 0 bridgehead atoms. The average Bonchev–Trinajstić information content (AvgIpc) is 2.33. The largest absolute Gasteiger partial charge is 0.412 e. The van der Waals surface area contributed by atoms with Gasteiger partial charge in [0, 0.05) is 24.7 Å². The molecule has 106 valence electrons. The lowest BCUT2D eigenvalue weighted by atomic mass is 10.1. The second kappa shape index (κ2) is 7.14. The van der Waals surface area contributed by atoms with Crippen LogP contribution in [-0.2, 0) is 0 Å². The number of rotatable bonds is 6. The highest BCUT2D eigenvalue weighted by molar-refractivity contribution is 5.13. The minimum absolute atomic E-state index is 0.121.